The minimum Gasteiger partial charge on any atom is -0.481 e. The van der Waals surface area contributed by atoms with Crippen molar-refractivity contribution in [2.75, 3.05) is 46.8 Å². The van der Waals surface area contributed by atoms with E-state index in [0.717, 1.165) is 39.1 Å². The minimum absolute atomic E-state index is 0.0992. The van der Waals surface area contributed by atoms with Gasteiger partial charge in [0, 0.05) is 25.7 Å². The van der Waals surface area contributed by atoms with Crippen molar-refractivity contribution in [1.29, 1.82) is 0 Å². The molecule has 0 radical (unpaired) electrons. The molecule has 5 heteroatoms. The SMILES string of the molecule is CN(C)CCN1CCCNC(CC(=O)O)C1. The number of rotatable bonds is 5. The molecule has 0 spiro atoms. The lowest BCUT2D eigenvalue weighted by Gasteiger charge is -2.24. The Morgan fingerprint density at radius 2 is 2.31 bits per heavy atom. The van der Waals surface area contributed by atoms with Gasteiger partial charge in [-0.05, 0) is 33.6 Å². The van der Waals surface area contributed by atoms with Gasteiger partial charge in [-0.2, -0.15) is 0 Å². The second-order valence-electron chi connectivity index (χ2n) is 4.71. The molecule has 1 rings (SSSR count). The molecule has 1 fully saturated rings. The molecule has 16 heavy (non-hydrogen) atoms. The molecule has 1 heterocycles. The second-order valence-corrected chi connectivity index (χ2v) is 4.71. The normalized spacial score (nSPS) is 23.3. The second kappa shape index (κ2) is 6.83. The van der Waals surface area contributed by atoms with Crippen LogP contribution in [0.4, 0.5) is 0 Å². The molecule has 0 aromatic carbocycles. The minimum atomic E-state index is -0.716. The van der Waals surface area contributed by atoms with Crippen LogP contribution in [0, 0.1) is 0 Å². The van der Waals surface area contributed by atoms with E-state index in [9.17, 15) is 4.79 Å². The van der Waals surface area contributed by atoms with Crippen LogP contribution in [0.2, 0.25) is 0 Å². The number of aliphatic carboxylic acids is 1. The smallest absolute Gasteiger partial charge is 0.304 e. The molecule has 2 N–H and O–H groups in total. The van der Waals surface area contributed by atoms with Crippen LogP contribution in [0.1, 0.15) is 12.8 Å². The summed E-state index contributed by atoms with van der Waals surface area (Å²) >= 11 is 0. The maximum Gasteiger partial charge on any atom is 0.304 e. The van der Waals surface area contributed by atoms with E-state index in [-0.39, 0.29) is 12.5 Å². The van der Waals surface area contributed by atoms with Crippen molar-refractivity contribution in [1.82, 2.24) is 15.1 Å². The van der Waals surface area contributed by atoms with Crippen molar-refractivity contribution < 1.29 is 9.90 Å². The average Bonchev–Trinajstić information content (AvgIpc) is 2.39. The van der Waals surface area contributed by atoms with Gasteiger partial charge in [-0.25, -0.2) is 0 Å². The van der Waals surface area contributed by atoms with Crippen LogP contribution >= 0.6 is 0 Å². The lowest BCUT2D eigenvalue weighted by Crippen LogP contribution is -2.41. The van der Waals surface area contributed by atoms with Crippen molar-refractivity contribution in [3.63, 3.8) is 0 Å². The summed E-state index contributed by atoms with van der Waals surface area (Å²) in [6.45, 7) is 4.89. The van der Waals surface area contributed by atoms with Crippen LogP contribution in [0.5, 0.6) is 0 Å². The summed E-state index contributed by atoms with van der Waals surface area (Å²) < 4.78 is 0. The zero-order chi connectivity index (χ0) is 12.0. The van der Waals surface area contributed by atoms with E-state index >= 15 is 0 Å². The molecule has 0 aromatic rings. The molecule has 0 aliphatic carbocycles. The first kappa shape index (κ1) is 13.4. The quantitative estimate of drug-likeness (QED) is 0.677. The molecule has 0 amide bonds. The predicted molar refractivity (Wildman–Crippen MR) is 63.7 cm³/mol. The van der Waals surface area contributed by atoms with Gasteiger partial charge in [0.1, 0.15) is 0 Å². The Bertz CT molecular complexity index is 221. The first-order chi connectivity index (χ1) is 7.58. The van der Waals surface area contributed by atoms with Gasteiger partial charge in [-0.3, -0.25) is 4.79 Å². The number of nitrogens with zero attached hydrogens (tertiary/aromatic N) is 2. The summed E-state index contributed by atoms with van der Waals surface area (Å²) in [7, 11) is 4.12. The number of carboxylic acids is 1. The summed E-state index contributed by atoms with van der Waals surface area (Å²) in [6.07, 6.45) is 1.32. The van der Waals surface area contributed by atoms with Crippen LogP contribution in [0.3, 0.4) is 0 Å². The third kappa shape index (κ3) is 5.44. The van der Waals surface area contributed by atoms with E-state index in [1.165, 1.54) is 0 Å². The van der Waals surface area contributed by atoms with Crippen molar-refractivity contribution in [3.05, 3.63) is 0 Å². The Morgan fingerprint density at radius 3 is 2.94 bits per heavy atom. The highest BCUT2D eigenvalue weighted by Gasteiger charge is 2.19. The average molecular weight is 229 g/mol. The number of carboxylic acid groups (broad SMARTS) is 1. The van der Waals surface area contributed by atoms with E-state index in [0.29, 0.717) is 0 Å². The van der Waals surface area contributed by atoms with Crippen LogP contribution < -0.4 is 5.32 Å². The third-order valence-corrected chi connectivity index (χ3v) is 2.85. The topological polar surface area (TPSA) is 55.8 Å². The zero-order valence-corrected chi connectivity index (χ0v) is 10.3. The van der Waals surface area contributed by atoms with Gasteiger partial charge < -0.3 is 20.2 Å². The highest BCUT2D eigenvalue weighted by molar-refractivity contribution is 5.67. The maximum absolute atomic E-state index is 10.7. The van der Waals surface area contributed by atoms with Gasteiger partial charge in [-0.1, -0.05) is 0 Å². The predicted octanol–water partition coefficient (Wildman–Crippen LogP) is -0.313. The first-order valence-corrected chi connectivity index (χ1v) is 5.90. The third-order valence-electron chi connectivity index (χ3n) is 2.85. The standard InChI is InChI=1S/C11H23N3O2/c1-13(2)6-7-14-5-3-4-12-10(9-14)8-11(15)16/h10,12H,3-9H2,1-2H3,(H,15,16). The van der Waals surface area contributed by atoms with Gasteiger partial charge in [-0.15, -0.1) is 0 Å². The number of nitrogens with one attached hydrogen (secondary N) is 1. The lowest BCUT2D eigenvalue weighted by atomic mass is 10.2. The Balaban J connectivity index is 2.36. The largest absolute Gasteiger partial charge is 0.481 e. The molecule has 0 bridgehead atoms. The molecule has 0 saturated carbocycles. The van der Waals surface area contributed by atoms with Crippen LogP contribution in [0.15, 0.2) is 0 Å². The number of likely N-dealkylation sites (N-methyl/N-ethyl adjacent to an activating group) is 1. The van der Waals surface area contributed by atoms with Crippen molar-refractivity contribution in [2.24, 2.45) is 0 Å². The van der Waals surface area contributed by atoms with Crippen molar-refractivity contribution in [3.8, 4) is 0 Å². The molecule has 94 valence electrons. The monoisotopic (exact) mass is 229 g/mol. The fraction of sp³-hybridized carbons (Fsp3) is 0.909. The van der Waals surface area contributed by atoms with E-state index in [1.54, 1.807) is 0 Å². The van der Waals surface area contributed by atoms with E-state index < -0.39 is 5.97 Å². The molecule has 0 aromatic heterocycles. The fourth-order valence-corrected chi connectivity index (χ4v) is 1.97. The number of carbonyl (C=O) groups is 1. The van der Waals surface area contributed by atoms with Gasteiger partial charge in [0.2, 0.25) is 0 Å². The van der Waals surface area contributed by atoms with Gasteiger partial charge in [0.25, 0.3) is 0 Å². The van der Waals surface area contributed by atoms with Crippen LogP contribution in [-0.4, -0.2) is 73.7 Å². The molecular formula is C11H23N3O2. The molecule has 1 aliphatic rings. The van der Waals surface area contributed by atoms with Gasteiger partial charge >= 0.3 is 5.97 Å². The highest BCUT2D eigenvalue weighted by Crippen LogP contribution is 2.03. The van der Waals surface area contributed by atoms with Gasteiger partial charge in [0.15, 0.2) is 0 Å². The van der Waals surface area contributed by atoms with Crippen LogP contribution in [-0.2, 0) is 4.79 Å². The highest BCUT2D eigenvalue weighted by atomic mass is 16.4. The van der Waals surface area contributed by atoms with Gasteiger partial charge in [0.05, 0.1) is 6.42 Å². The van der Waals surface area contributed by atoms with Crippen molar-refractivity contribution in [2.45, 2.75) is 18.9 Å². The molecule has 1 unspecified atom stereocenters. The Hall–Kier alpha value is -0.650. The summed E-state index contributed by atoms with van der Waals surface area (Å²) in [4.78, 5) is 15.2. The summed E-state index contributed by atoms with van der Waals surface area (Å²) in [5, 5.41) is 12.1. The molecule has 1 atom stereocenters. The molecule has 5 nitrogen and oxygen atoms in total. The molecule has 1 aliphatic heterocycles. The number of hydrogen-bond donors (Lipinski definition) is 2. The Kier molecular flexibility index (Phi) is 5.73. The summed E-state index contributed by atoms with van der Waals surface area (Å²) in [6, 6.07) is 0.0992. The van der Waals surface area contributed by atoms with Crippen molar-refractivity contribution >= 4 is 5.97 Å². The first-order valence-electron chi connectivity index (χ1n) is 5.90. The van der Waals surface area contributed by atoms with E-state index in [2.05, 4.69) is 29.2 Å². The fourth-order valence-electron chi connectivity index (χ4n) is 1.97. The molecular weight excluding hydrogens is 206 g/mol. The Morgan fingerprint density at radius 1 is 1.56 bits per heavy atom. The Labute approximate surface area is 97.4 Å². The maximum atomic E-state index is 10.7. The number of hydrogen-bond acceptors (Lipinski definition) is 4. The molecule has 1 saturated heterocycles. The summed E-state index contributed by atoms with van der Waals surface area (Å²) in [5.74, 6) is -0.716. The lowest BCUT2D eigenvalue weighted by molar-refractivity contribution is -0.137. The van der Waals surface area contributed by atoms with E-state index in [4.69, 9.17) is 5.11 Å². The van der Waals surface area contributed by atoms with E-state index in [1.807, 2.05) is 0 Å². The van der Waals surface area contributed by atoms with Crippen LogP contribution in [0.25, 0.3) is 0 Å². The zero-order valence-electron chi connectivity index (χ0n) is 10.3. The summed E-state index contributed by atoms with van der Waals surface area (Å²) in [5.41, 5.74) is 0.